The van der Waals surface area contributed by atoms with Gasteiger partial charge in [0.05, 0.1) is 10.9 Å². The predicted molar refractivity (Wildman–Crippen MR) is 121 cm³/mol. The van der Waals surface area contributed by atoms with E-state index >= 15 is 0 Å². The number of carbonyl (C=O) groups is 1. The number of carbonyl (C=O) groups excluding carboxylic acids is 1. The van der Waals surface area contributed by atoms with Gasteiger partial charge in [0.2, 0.25) is 11.9 Å². The minimum atomic E-state index is -0.417. The highest BCUT2D eigenvalue weighted by Crippen LogP contribution is 2.26. The molecule has 10 nitrogen and oxygen atoms in total. The fourth-order valence-electron chi connectivity index (χ4n) is 4.15. The molecule has 3 aromatic heterocycles. The molecule has 0 aliphatic carbocycles. The first-order valence-electron chi connectivity index (χ1n) is 10.6. The SMILES string of the molecule is Cc1cc(C)n(CC(=O)N2CCC[C@@H](c3cc4nc(N(C)C)ncc4c(=O)[nH]3)C2)c(=O)n1. The number of nitrogens with one attached hydrogen (secondary N) is 1. The zero-order valence-electron chi connectivity index (χ0n) is 18.8. The standard InChI is InChI=1S/C22H27N7O3/c1-13-8-14(2)29(22(32)24-13)12-19(30)28-7-5-6-15(11-28)17-9-18-16(20(31)25-17)10-23-21(26-18)27(3)4/h8-10,15H,5-7,11-12H2,1-4H3,(H,25,31)/t15-/m1/s1. The molecule has 1 N–H and O–H groups in total. The van der Waals surface area contributed by atoms with Gasteiger partial charge in [-0.25, -0.2) is 14.8 Å². The van der Waals surface area contributed by atoms with Crippen molar-refractivity contribution >= 4 is 22.8 Å². The van der Waals surface area contributed by atoms with Gasteiger partial charge in [0.15, 0.2) is 0 Å². The molecule has 0 bridgehead atoms. The normalized spacial score (nSPS) is 16.4. The number of rotatable bonds is 4. The first kappa shape index (κ1) is 21.7. The lowest BCUT2D eigenvalue weighted by atomic mass is 9.94. The van der Waals surface area contributed by atoms with Gasteiger partial charge in [0.25, 0.3) is 5.56 Å². The number of anilines is 1. The maximum absolute atomic E-state index is 13.0. The van der Waals surface area contributed by atoms with Gasteiger partial charge in [-0.05, 0) is 38.8 Å². The van der Waals surface area contributed by atoms with Gasteiger partial charge in [-0.3, -0.25) is 14.2 Å². The summed E-state index contributed by atoms with van der Waals surface area (Å²) in [7, 11) is 3.69. The molecule has 0 aromatic carbocycles. The van der Waals surface area contributed by atoms with Crippen LogP contribution in [0.3, 0.4) is 0 Å². The van der Waals surface area contributed by atoms with Crippen LogP contribution in [-0.2, 0) is 11.3 Å². The number of fused-ring (bicyclic) bond motifs is 1. The lowest BCUT2D eigenvalue weighted by Gasteiger charge is -2.33. The van der Waals surface area contributed by atoms with Crippen LogP contribution in [0.25, 0.3) is 10.9 Å². The van der Waals surface area contributed by atoms with Crippen LogP contribution < -0.4 is 16.1 Å². The molecule has 3 aromatic rings. The summed E-state index contributed by atoms with van der Waals surface area (Å²) in [6.45, 7) is 4.60. The number of piperidine rings is 1. The Labute approximate surface area is 184 Å². The Morgan fingerprint density at radius 1 is 1.22 bits per heavy atom. The first-order valence-corrected chi connectivity index (χ1v) is 10.6. The van der Waals surface area contributed by atoms with E-state index in [0.717, 1.165) is 18.5 Å². The van der Waals surface area contributed by atoms with Gasteiger partial charge in [-0.2, -0.15) is 4.98 Å². The van der Waals surface area contributed by atoms with Crippen molar-refractivity contribution in [3.63, 3.8) is 0 Å². The minimum absolute atomic E-state index is 0.0171. The van der Waals surface area contributed by atoms with Crippen molar-refractivity contribution in [2.75, 3.05) is 32.1 Å². The smallest absolute Gasteiger partial charge is 0.347 e. The Hall–Kier alpha value is -3.56. The van der Waals surface area contributed by atoms with Gasteiger partial charge in [0.1, 0.15) is 6.54 Å². The highest BCUT2D eigenvalue weighted by molar-refractivity contribution is 5.78. The summed E-state index contributed by atoms with van der Waals surface area (Å²) in [5, 5.41) is 0.435. The van der Waals surface area contributed by atoms with E-state index in [2.05, 4.69) is 19.9 Å². The third kappa shape index (κ3) is 4.25. The number of aryl methyl sites for hydroxylation is 2. The summed E-state index contributed by atoms with van der Waals surface area (Å²) in [4.78, 5) is 56.9. The molecule has 1 saturated heterocycles. The molecular formula is C22H27N7O3. The monoisotopic (exact) mass is 437 g/mol. The van der Waals surface area contributed by atoms with E-state index in [1.54, 1.807) is 29.7 Å². The van der Waals surface area contributed by atoms with Crippen molar-refractivity contribution in [1.82, 2.24) is 29.4 Å². The molecule has 4 rings (SSSR count). The average Bonchev–Trinajstić information content (AvgIpc) is 2.75. The van der Waals surface area contributed by atoms with E-state index in [-0.39, 0.29) is 23.9 Å². The van der Waals surface area contributed by atoms with Crippen LogP contribution in [0.15, 0.2) is 27.9 Å². The Balaban J connectivity index is 1.57. The third-order valence-electron chi connectivity index (χ3n) is 5.85. The number of nitrogens with zero attached hydrogens (tertiary/aromatic N) is 6. The van der Waals surface area contributed by atoms with E-state index < -0.39 is 5.69 Å². The van der Waals surface area contributed by atoms with Crippen LogP contribution in [0, 0.1) is 13.8 Å². The first-order chi connectivity index (χ1) is 15.2. The van der Waals surface area contributed by atoms with Crippen molar-refractivity contribution in [2.45, 2.75) is 39.2 Å². The maximum Gasteiger partial charge on any atom is 0.348 e. The summed E-state index contributed by atoms with van der Waals surface area (Å²) in [6.07, 6.45) is 3.19. The van der Waals surface area contributed by atoms with E-state index in [1.165, 1.54) is 10.8 Å². The molecule has 32 heavy (non-hydrogen) atoms. The van der Waals surface area contributed by atoms with Crippen LogP contribution in [0.2, 0.25) is 0 Å². The minimum Gasteiger partial charge on any atom is -0.347 e. The Morgan fingerprint density at radius 3 is 2.72 bits per heavy atom. The number of likely N-dealkylation sites (tertiary alicyclic amines) is 1. The lowest BCUT2D eigenvalue weighted by Crippen LogP contribution is -2.43. The van der Waals surface area contributed by atoms with Crippen molar-refractivity contribution in [2.24, 2.45) is 0 Å². The molecule has 1 amide bonds. The van der Waals surface area contributed by atoms with E-state index in [0.29, 0.717) is 41.3 Å². The van der Waals surface area contributed by atoms with E-state index in [1.807, 2.05) is 20.2 Å². The van der Waals surface area contributed by atoms with Crippen LogP contribution in [0.1, 0.15) is 35.8 Å². The van der Waals surface area contributed by atoms with E-state index in [9.17, 15) is 14.4 Å². The van der Waals surface area contributed by atoms with Crippen molar-refractivity contribution in [3.8, 4) is 0 Å². The highest BCUT2D eigenvalue weighted by Gasteiger charge is 2.26. The number of amides is 1. The van der Waals surface area contributed by atoms with Gasteiger partial charge < -0.3 is 14.8 Å². The molecule has 0 saturated carbocycles. The predicted octanol–water partition coefficient (Wildman–Crippen LogP) is 0.964. The van der Waals surface area contributed by atoms with Gasteiger partial charge in [-0.15, -0.1) is 0 Å². The quantitative estimate of drug-likeness (QED) is 0.646. The molecule has 1 aliphatic heterocycles. The second kappa shape index (κ2) is 8.52. The van der Waals surface area contributed by atoms with Crippen LogP contribution >= 0.6 is 0 Å². The summed E-state index contributed by atoms with van der Waals surface area (Å²) in [5.41, 5.74) is 2.03. The van der Waals surface area contributed by atoms with Crippen molar-refractivity contribution in [3.05, 3.63) is 56.2 Å². The van der Waals surface area contributed by atoms with Crippen LogP contribution in [0.5, 0.6) is 0 Å². The number of pyridine rings is 1. The van der Waals surface area contributed by atoms with Crippen molar-refractivity contribution in [1.29, 1.82) is 0 Å². The molecule has 1 aliphatic rings. The molecular weight excluding hydrogens is 410 g/mol. The van der Waals surface area contributed by atoms with Gasteiger partial charge in [0, 0.05) is 56.4 Å². The van der Waals surface area contributed by atoms with Gasteiger partial charge in [-0.1, -0.05) is 0 Å². The van der Waals surface area contributed by atoms with Gasteiger partial charge >= 0.3 is 5.69 Å². The number of aromatic amines is 1. The summed E-state index contributed by atoms with van der Waals surface area (Å²) < 4.78 is 1.40. The molecule has 10 heteroatoms. The average molecular weight is 438 g/mol. The topological polar surface area (TPSA) is 117 Å². The molecule has 4 heterocycles. The zero-order valence-corrected chi connectivity index (χ0v) is 18.8. The van der Waals surface area contributed by atoms with Crippen molar-refractivity contribution < 1.29 is 4.79 Å². The Morgan fingerprint density at radius 2 is 2.00 bits per heavy atom. The molecule has 0 radical (unpaired) electrons. The number of hydrogen-bond donors (Lipinski definition) is 1. The molecule has 0 spiro atoms. The molecule has 0 unspecified atom stereocenters. The second-order valence-electron chi connectivity index (χ2n) is 8.50. The van der Waals surface area contributed by atoms with E-state index in [4.69, 9.17) is 0 Å². The lowest BCUT2D eigenvalue weighted by molar-refractivity contribution is -0.133. The number of hydrogen-bond acceptors (Lipinski definition) is 7. The fraction of sp³-hybridized carbons (Fsp3) is 0.455. The maximum atomic E-state index is 13.0. The molecule has 168 valence electrons. The second-order valence-corrected chi connectivity index (χ2v) is 8.50. The fourth-order valence-corrected chi connectivity index (χ4v) is 4.15. The highest BCUT2D eigenvalue weighted by atomic mass is 16.2. The Bertz CT molecular complexity index is 1290. The van der Waals surface area contributed by atoms with Crippen LogP contribution in [0.4, 0.5) is 5.95 Å². The number of H-pyrrole nitrogens is 1. The zero-order chi connectivity index (χ0) is 23.0. The largest absolute Gasteiger partial charge is 0.348 e. The van der Waals surface area contributed by atoms with Crippen LogP contribution in [-0.4, -0.2) is 62.5 Å². The summed E-state index contributed by atoms with van der Waals surface area (Å²) >= 11 is 0. The number of aromatic nitrogens is 5. The third-order valence-corrected chi connectivity index (χ3v) is 5.85. The summed E-state index contributed by atoms with van der Waals surface area (Å²) in [5.74, 6) is 0.379. The summed E-state index contributed by atoms with van der Waals surface area (Å²) in [6, 6.07) is 3.67. The molecule has 1 atom stereocenters. The Kier molecular flexibility index (Phi) is 5.77. The molecule has 1 fully saturated rings.